The molecule has 0 bridgehead atoms. The molecule has 0 spiro atoms. The lowest BCUT2D eigenvalue weighted by Gasteiger charge is -2.33. The van der Waals surface area contributed by atoms with E-state index in [1.54, 1.807) is 30.5 Å². The Labute approximate surface area is 243 Å². The maximum atomic E-state index is 14.0. The molecule has 6 nitrogen and oxygen atoms in total. The third kappa shape index (κ3) is 8.30. The molecule has 0 saturated carbocycles. The van der Waals surface area contributed by atoms with E-state index >= 15 is 0 Å². The van der Waals surface area contributed by atoms with Crippen LogP contribution in [0.5, 0.6) is 0 Å². The Hall–Kier alpha value is -3.42. The van der Waals surface area contributed by atoms with E-state index in [1.165, 1.54) is 6.07 Å². The molecule has 0 aliphatic carbocycles. The molecule has 1 saturated heterocycles. The Morgan fingerprint density at radius 2 is 1.73 bits per heavy atom. The standard InChI is InChI=1S/C31H33ClF3N5O/c1-38(2)19-22-14-25(30(36)37-18-22)7-6-23-17-24(8-9-28(23)32)29(41)16-21-4-5-26(27(15-21)31(33,34)35)20-40-12-10-39(3)11-13-40/h4-5,8-9,14-15,17-18H,10-13,16,19-20H2,1-3H3,(H2,36,37). The Balaban J connectivity index is 1.53. The Morgan fingerprint density at radius 3 is 2.41 bits per heavy atom. The average molecular weight is 584 g/mol. The van der Waals surface area contributed by atoms with Crippen molar-refractivity contribution in [2.24, 2.45) is 0 Å². The minimum absolute atomic E-state index is 0.185. The fourth-order valence-electron chi connectivity index (χ4n) is 4.67. The highest BCUT2D eigenvalue weighted by molar-refractivity contribution is 6.31. The summed E-state index contributed by atoms with van der Waals surface area (Å²) < 4.78 is 42.0. The minimum Gasteiger partial charge on any atom is -0.383 e. The Morgan fingerprint density at radius 1 is 1.02 bits per heavy atom. The molecule has 2 N–H and O–H groups in total. The molecule has 10 heteroatoms. The van der Waals surface area contributed by atoms with Crippen molar-refractivity contribution in [2.75, 3.05) is 53.1 Å². The monoisotopic (exact) mass is 583 g/mol. The zero-order valence-corrected chi connectivity index (χ0v) is 24.1. The number of likely N-dealkylation sites (N-methyl/N-ethyl adjacent to an activating group) is 1. The summed E-state index contributed by atoms with van der Waals surface area (Å²) in [4.78, 5) is 23.5. The number of Topliss-reactive ketones (excluding diaryl/α,β-unsaturated/α-hetero) is 1. The summed E-state index contributed by atoms with van der Waals surface area (Å²) in [6, 6.07) is 10.7. The zero-order valence-electron chi connectivity index (χ0n) is 23.4. The molecule has 0 atom stereocenters. The number of pyridine rings is 1. The topological polar surface area (TPSA) is 65.7 Å². The number of aromatic nitrogens is 1. The number of ketones is 1. The van der Waals surface area contributed by atoms with Gasteiger partial charge in [0.1, 0.15) is 5.82 Å². The summed E-state index contributed by atoms with van der Waals surface area (Å²) in [5.41, 5.74) is 8.00. The molecule has 0 amide bonds. The molecule has 0 radical (unpaired) electrons. The van der Waals surface area contributed by atoms with Gasteiger partial charge in [0.2, 0.25) is 0 Å². The second-order valence-electron chi connectivity index (χ2n) is 10.6. The van der Waals surface area contributed by atoms with Crippen molar-refractivity contribution in [1.82, 2.24) is 19.7 Å². The highest BCUT2D eigenvalue weighted by atomic mass is 35.5. The van der Waals surface area contributed by atoms with E-state index in [2.05, 4.69) is 21.7 Å². The van der Waals surface area contributed by atoms with Gasteiger partial charge < -0.3 is 15.5 Å². The fourth-order valence-corrected chi connectivity index (χ4v) is 4.83. The van der Waals surface area contributed by atoms with Crippen molar-refractivity contribution in [3.05, 3.63) is 92.6 Å². The first-order valence-electron chi connectivity index (χ1n) is 13.2. The van der Waals surface area contributed by atoms with Crippen LogP contribution in [0.25, 0.3) is 0 Å². The van der Waals surface area contributed by atoms with Gasteiger partial charge in [-0.15, -0.1) is 0 Å². The van der Waals surface area contributed by atoms with E-state index in [1.807, 2.05) is 37.0 Å². The predicted molar refractivity (Wildman–Crippen MR) is 156 cm³/mol. The molecular formula is C31H33ClF3N5O. The number of anilines is 1. The van der Waals surface area contributed by atoms with Crippen LogP contribution in [0.15, 0.2) is 48.7 Å². The van der Waals surface area contributed by atoms with Crippen LogP contribution in [-0.2, 0) is 25.7 Å². The fraction of sp³-hybridized carbons (Fsp3) is 0.355. The number of rotatable bonds is 7. The minimum atomic E-state index is -4.52. The number of benzene rings is 2. The first-order valence-corrected chi connectivity index (χ1v) is 13.6. The van der Waals surface area contributed by atoms with Gasteiger partial charge in [0.05, 0.1) is 16.1 Å². The van der Waals surface area contributed by atoms with E-state index in [9.17, 15) is 18.0 Å². The lowest BCUT2D eigenvalue weighted by molar-refractivity contribution is -0.138. The van der Waals surface area contributed by atoms with Gasteiger partial charge in [-0.3, -0.25) is 9.69 Å². The number of nitrogens with zero attached hydrogens (tertiary/aromatic N) is 4. The van der Waals surface area contributed by atoms with Gasteiger partial charge in [-0.25, -0.2) is 4.98 Å². The van der Waals surface area contributed by atoms with Gasteiger partial charge >= 0.3 is 6.18 Å². The van der Waals surface area contributed by atoms with E-state index in [0.29, 0.717) is 46.9 Å². The quantitative estimate of drug-likeness (QED) is 0.313. The Bertz CT molecular complexity index is 1470. The first kappa shape index (κ1) is 30.5. The summed E-state index contributed by atoms with van der Waals surface area (Å²) in [5, 5.41) is 0.345. The van der Waals surface area contributed by atoms with Crippen LogP contribution in [0.2, 0.25) is 5.02 Å². The number of hydrogen-bond acceptors (Lipinski definition) is 6. The van der Waals surface area contributed by atoms with Crippen molar-refractivity contribution >= 4 is 23.2 Å². The second kappa shape index (κ2) is 13.0. The molecule has 0 unspecified atom stereocenters. The molecule has 2 heterocycles. The van der Waals surface area contributed by atoms with E-state index in [0.717, 1.165) is 24.7 Å². The van der Waals surface area contributed by atoms with Crippen LogP contribution >= 0.6 is 11.6 Å². The molecular weight excluding hydrogens is 551 g/mol. The number of halogens is 4. The van der Waals surface area contributed by atoms with Gasteiger partial charge in [-0.2, -0.15) is 13.2 Å². The largest absolute Gasteiger partial charge is 0.416 e. The van der Waals surface area contributed by atoms with E-state index < -0.39 is 11.7 Å². The number of piperazine rings is 1. The normalized spacial score (nSPS) is 14.6. The molecule has 3 aromatic rings. The summed E-state index contributed by atoms with van der Waals surface area (Å²) >= 11 is 6.34. The first-order chi connectivity index (χ1) is 19.4. The number of nitrogens with two attached hydrogens (primary N) is 1. The van der Waals surface area contributed by atoms with Crippen LogP contribution < -0.4 is 5.73 Å². The van der Waals surface area contributed by atoms with Crippen molar-refractivity contribution < 1.29 is 18.0 Å². The smallest absolute Gasteiger partial charge is 0.383 e. The van der Waals surface area contributed by atoms with Crippen molar-refractivity contribution in [3.8, 4) is 11.8 Å². The van der Waals surface area contributed by atoms with Gasteiger partial charge in [-0.05, 0) is 68.2 Å². The van der Waals surface area contributed by atoms with Crippen LogP contribution in [0.3, 0.4) is 0 Å². The summed E-state index contributed by atoms with van der Waals surface area (Å²) in [6.45, 7) is 3.93. The number of carbonyl (C=O) groups excluding carboxylic acids is 1. The molecule has 4 rings (SSSR count). The number of alkyl halides is 3. The number of hydrogen-bond donors (Lipinski definition) is 1. The van der Waals surface area contributed by atoms with Crippen LogP contribution in [0, 0.1) is 11.8 Å². The molecule has 1 aliphatic heterocycles. The summed E-state index contributed by atoms with van der Waals surface area (Å²) in [6.07, 6.45) is -3.02. The number of carbonyl (C=O) groups is 1. The van der Waals surface area contributed by atoms with Crippen LogP contribution in [0.4, 0.5) is 19.0 Å². The molecule has 1 aliphatic rings. The third-order valence-electron chi connectivity index (χ3n) is 6.93. The highest BCUT2D eigenvalue weighted by Crippen LogP contribution is 2.34. The van der Waals surface area contributed by atoms with Gasteiger partial charge in [0, 0.05) is 63.0 Å². The van der Waals surface area contributed by atoms with E-state index in [-0.39, 0.29) is 30.1 Å². The van der Waals surface area contributed by atoms with Gasteiger partial charge in [0.25, 0.3) is 0 Å². The van der Waals surface area contributed by atoms with Gasteiger partial charge in [-0.1, -0.05) is 35.6 Å². The molecule has 1 aromatic heterocycles. The molecule has 1 fully saturated rings. The zero-order chi connectivity index (χ0) is 29.7. The Kier molecular flexibility index (Phi) is 9.72. The third-order valence-corrected chi connectivity index (χ3v) is 7.26. The molecule has 2 aromatic carbocycles. The highest BCUT2D eigenvalue weighted by Gasteiger charge is 2.34. The maximum Gasteiger partial charge on any atom is 0.416 e. The number of nitrogen functional groups attached to an aromatic ring is 1. The van der Waals surface area contributed by atoms with Crippen molar-refractivity contribution in [1.29, 1.82) is 0 Å². The SMILES string of the molecule is CN(C)Cc1cnc(N)c(C#Cc2cc(C(=O)Cc3ccc(CN4CCN(C)CC4)c(C(F)(F)F)c3)ccc2Cl)c1. The van der Waals surface area contributed by atoms with Crippen molar-refractivity contribution in [2.45, 2.75) is 25.7 Å². The van der Waals surface area contributed by atoms with Crippen LogP contribution in [-0.4, -0.2) is 72.8 Å². The van der Waals surface area contributed by atoms with E-state index in [4.69, 9.17) is 17.3 Å². The maximum absolute atomic E-state index is 14.0. The van der Waals surface area contributed by atoms with Gasteiger partial charge in [0.15, 0.2) is 5.78 Å². The van der Waals surface area contributed by atoms with Crippen LogP contribution in [0.1, 0.15) is 43.7 Å². The average Bonchev–Trinajstić information content (AvgIpc) is 2.91. The second-order valence-corrected chi connectivity index (χ2v) is 11.0. The lowest BCUT2D eigenvalue weighted by atomic mass is 9.97. The summed E-state index contributed by atoms with van der Waals surface area (Å²) in [5.74, 6) is 5.89. The molecule has 216 valence electrons. The van der Waals surface area contributed by atoms with Crippen molar-refractivity contribution in [3.63, 3.8) is 0 Å². The lowest BCUT2D eigenvalue weighted by Crippen LogP contribution is -2.44. The summed E-state index contributed by atoms with van der Waals surface area (Å²) in [7, 11) is 5.88. The molecule has 41 heavy (non-hydrogen) atoms. The predicted octanol–water partition coefficient (Wildman–Crippen LogP) is 4.97.